The lowest BCUT2D eigenvalue weighted by Gasteiger charge is -2.27. The SMILES string of the molecule is CCCOc1cccc([C@H]2C(=C(O)c3cc(C)ccc3O)C(=O)C(=O)N2CCCN(CC)CC)c1. The predicted molar refractivity (Wildman–Crippen MR) is 136 cm³/mol. The van der Waals surface area contributed by atoms with Gasteiger partial charge in [0.25, 0.3) is 11.7 Å². The van der Waals surface area contributed by atoms with E-state index in [-0.39, 0.29) is 22.6 Å². The average molecular weight is 481 g/mol. The molecule has 188 valence electrons. The summed E-state index contributed by atoms with van der Waals surface area (Å²) in [6.07, 6.45) is 1.54. The molecule has 2 aromatic carbocycles. The Morgan fingerprint density at radius 1 is 1.09 bits per heavy atom. The Bertz CT molecular complexity index is 1090. The number of amides is 1. The van der Waals surface area contributed by atoms with Crippen LogP contribution in [0.1, 0.15) is 56.3 Å². The molecule has 3 rings (SSSR count). The third kappa shape index (κ3) is 5.85. The Labute approximate surface area is 207 Å². The summed E-state index contributed by atoms with van der Waals surface area (Å²) in [6.45, 7) is 11.5. The number of likely N-dealkylation sites (tertiary alicyclic amines) is 1. The van der Waals surface area contributed by atoms with E-state index >= 15 is 0 Å². The summed E-state index contributed by atoms with van der Waals surface area (Å²) in [7, 11) is 0. The number of phenolic OH excluding ortho intramolecular Hbond substituents is 1. The highest BCUT2D eigenvalue weighted by atomic mass is 16.5. The molecule has 35 heavy (non-hydrogen) atoms. The monoisotopic (exact) mass is 480 g/mol. The fraction of sp³-hybridized carbons (Fsp3) is 0.429. The van der Waals surface area contributed by atoms with Crippen LogP contribution in [0.5, 0.6) is 11.5 Å². The molecule has 7 nitrogen and oxygen atoms in total. The van der Waals surface area contributed by atoms with Crippen LogP contribution in [0.25, 0.3) is 5.76 Å². The van der Waals surface area contributed by atoms with Gasteiger partial charge in [0, 0.05) is 6.54 Å². The first kappa shape index (κ1) is 26.3. The number of ether oxygens (including phenoxy) is 1. The summed E-state index contributed by atoms with van der Waals surface area (Å²) >= 11 is 0. The zero-order chi connectivity index (χ0) is 25.5. The Morgan fingerprint density at radius 2 is 1.83 bits per heavy atom. The van der Waals surface area contributed by atoms with Crippen LogP contribution in [0, 0.1) is 6.92 Å². The van der Waals surface area contributed by atoms with Gasteiger partial charge in [0.15, 0.2) is 0 Å². The minimum Gasteiger partial charge on any atom is -0.507 e. The van der Waals surface area contributed by atoms with E-state index in [9.17, 15) is 19.8 Å². The maximum absolute atomic E-state index is 13.2. The number of hydrogen-bond donors (Lipinski definition) is 2. The molecule has 0 unspecified atom stereocenters. The number of aliphatic hydroxyl groups is 1. The molecule has 1 heterocycles. The van der Waals surface area contributed by atoms with Gasteiger partial charge in [-0.3, -0.25) is 9.59 Å². The molecule has 7 heteroatoms. The molecule has 1 atom stereocenters. The van der Waals surface area contributed by atoms with E-state index in [0.29, 0.717) is 30.9 Å². The fourth-order valence-electron chi connectivity index (χ4n) is 4.44. The van der Waals surface area contributed by atoms with Crippen molar-refractivity contribution in [1.29, 1.82) is 0 Å². The number of Topliss-reactive ketones (excluding diaryl/α,β-unsaturated/α-hetero) is 1. The van der Waals surface area contributed by atoms with Gasteiger partial charge in [-0.25, -0.2) is 0 Å². The number of hydrogen-bond acceptors (Lipinski definition) is 6. The van der Waals surface area contributed by atoms with Crippen molar-refractivity contribution in [2.75, 3.05) is 32.8 Å². The minimum absolute atomic E-state index is 0.0219. The van der Waals surface area contributed by atoms with Crippen LogP contribution in [-0.2, 0) is 9.59 Å². The van der Waals surface area contributed by atoms with Crippen LogP contribution in [0.2, 0.25) is 0 Å². The van der Waals surface area contributed by atoms with Gasteiger partial charge >= 0.3 is 0 Å². The minimum atomic E-state index is -0.781. The van der Waals surface area contributed by atoms with E-state index < -0.39 is 17.7 Å². The Morgan fingerprint density at radius 3 is 2.51 bits per heavy atom. The van der Waals surface area contributed by atoms with E-state index in [0.717, 1.165) is 31.6 Å². The standard InChI is InChI=1S/C28H36N2O5/c1-5-16-35-21-11-8-10-20(18-21)25-24(26(32)22-17-19(4)12-13-23(22)31)27(33)28(34)30(25)15-9-14-29(6-2)7-3/h8,10-13,17-18,25,31-32H,5-7,9,14-16H2,1-4H3/t25-/m0/s1. The summed E-state index contributed by atoms with van der Waals surface area (Å²) in [5, 5.41) is 21.7. The fourth-order valence-corrected chi connectivity index (χ4v) is 4.44. The van der Waals surface area contributed by atoms with Crippen LogP contribution in [0.4, 0.5) is 0 Å². The van der Waals surface area contributed by atoms with Crippen molar-refractivity contribution in [1.82, 2.24) is 9.80 Å². The van der Waals surface area contributed by atoms with Crippen molar-refractivity contribution >= 4 is 17.4 Å². The van der Waals surface area contributed by atoms with Gasteiger partial charge in [0.1, 0.15) is 17.3 Å². The average Bonchev–Trinajstić information content (AvgIpc) is 3.11. The number of benzene rings is 2. The maximum Gasteiger partial charge on any atom is 0.295 e. The lowest BCUT2D eigenvalue weighted by molar-refractivity contribution is -0.140. The highest BCUT2D eigenvalue weighted by molar-refractivity contribution is 6.46. The highest BCUT2D eigenvalue weighted by Gasteiger charge is 2.46. The zero-order valence-electron chi connectivity index (χ0n) is 21.1. The second-order valence-electron chi connectivity index (χ2n) is 8.81. The molecular formula is C28H36N2O5. The van der Waals surface area contributed by atoms with Crippen LogP contribution >= 0.6 is 0 Å². The highest BCUT2D eigenvalue weighted by Crippen LogP contribution is 2.41. The van der Waals surface area contributed by atoms with Crippen molar-refractivity contribution < 1.29 is 24.5 Å². The number of aliphatic hydroxyl groups excluding tert-OH is 1. The third-order valence-corrected chi connectivity index (χ3v) is 6.36. The number of rotatable bonds is 11. The maximum atomic E-state index is 13.2. The van der Waals surface area contributed by atoms with Crippen LogP contribution in [-0.4, -0.2) is 64.5 Å². The van der Waals surface area contributed by atoms with Gasteiger partial charge in [0.05, 0.1) is 23.8 Å². The van der Waals surface area contributed by atoms with E-state index in [2.05, 4.69) is 18.7 Å². The second kappa shape index (κ2) is 11.9. The van der Waals surface area contributed by atoms with Crippen molar-refractivity contribution in [2.24, 2.45) is 0 Å². The second-order valence-corrected chi connectivity index (χ2v) is 8.81. The summed E-state index contributed by atoms with van der Waals surface area (Å²) in [5.74, 6) is -1.30. The van der Waals surface area contributed by atoms with Crippen molar-refractivity contribution in [3.05, 3.63) is 64.7 Å². The molecule has 2 aromatic rings. The number of phenols is 1. The third-order valence-electron chi connectivity index (χ3n) is 6.36. The van der Waals surface area contributed by atoms with Gasteiger partial charge in [-0.2, -0.15) is 0 Å². The molecular weight excluding hydrogens is 444 g/mol. The largest absolute Gasteiger partial charge is 0.507 e. The lowest BCUT2D eigenvalue weighted by atomic mass is 9.94. The molecule has 1 aliphatic heterocycles. The predicted octanol–water partition coefficient (Wildman–Crippen LogP) is 4.64. The van der Waals surface area contributed by atoms with E-state index in [1.165, 1.54) is 11.0 Å². The molecule has 2 N–H and O–H groups in total. The number of aryl methyl sites for hydroxylation is 1. The summed E-state index contributed by atoms with van der Waals surface area (Å²) in [4.78, 5) is 30.2. The zero-order valence-corrected chi connectivity index (χ0v) is 21.1. The van der Waals surface area contributed by atoms with Gasteiger partial charge in [-0.15, -0.1) is 0 Å². The first-order valence-electron chi connectivity index (χ1n) is 12.4. The number of ketones is 1. The van der Waals surface area contributed by atoms with Crippen molar-refractivity contribution in [2.45, 2.75) is 46.6 Å². The molecule has 0 aromatic heterocycles. The summed E-state index contributed by atoms with van der Waals surface area (Å²) in [5.41, 5.74) is 1.60. The lowest BCUT2D eigenvalue weighted by Crippen LogP contribution is -2.33. The first-order chi connectivity index (χ1) is 16.8. The molecule has 0 radical (unpaired) electrons. The molecule has 1 fully saturated rings. The Hall–Kier alpha value is -3.32. The van der Waals surface area contributed by atoms with Gasteiger partial charge in [0.2, 0.25) is 0 Å². The number of nitrogens with zero attached hydrogens (tertiary/aromatic N) is 2. The molecule has 0 saturated carbocycles. The Kier molecular flexibility index (Phi) is 8.93. The van der Waals surface area contributed by atoms with Gasteiger partial charge < -0.3 is 24.7 Å². The van der Waals surface area contributed by atoms with E-state index in [1.54, 1.807) is 12.1 Å². The smallest absolute Gasteiger partial charge is 0.295 e. The summed E-state index contributed by atoms with van der Waals surface area (Å²) in [6, 6.07) is 11.3. The quantitative estimate of drug-likeness (QED) is 0.277. The molecule has 0 bridgehead atoms. The Balaban J connectivity index is 2.08. The van der Waals surface area contributed by atoms with Crippen LogP contribution in [0.15, 0.2) is 48.0 Å². The van der Waals surface area contributed by atoms with Gasteiger partial charge in [-0.1, -0.05) is 44.5 Å². The number of aromatic hydroxyl groups is 1. The van der Waals surface area contributed by atoms with Gasteiger partial charge in [-0.05, 0) is 69.2 Å². The van der Waals surface area contributed by atoms with Crippen molar-refractivity contribution in [3.8, 4) is 11.5 Å². The number of carbonyl (C=O) groups excluding carboxylic acids is 2. The van der Waals surface area contributed by atoms with Crippen LogP contribution < -0.4 is 4.74 Å². The topological polar surface area (TPSA) is 90.3 Å². The molecule has 0 aliphatic carbocycles. The van der Waals surface area contributed by atoms with Crippen LogP contribution in [0.3, 0.4) is 0 Å². The van der Waals surface area contributed by atoms with E-state index in [1.807, 2.05) is 38.1 Å². The van der Waals surface area contributed by atoms with E-state index in [4.69, 9.17) is 4.74 Å². The molecule has 0 spiro atoms. The van der Waals surface area contributed by atoms with Crippen molar-refractivity contribution in [3.63, 3.8) is 0 Å². The normalized spacial score (nSPS) is 17.4. The number of carbonyl (C=O) groups is 2. The first-order valence-corrected chi connectivity index (χ1v) is 12.4. The summed E-state index contributed by atoms with van der Waals surface area (Å²) < 4.78 is 5.79. The molecule has 1 saturated heterocycles. The molecule has 1 amide bonds. The molecule has 1 aliphatic rings.